The van der Waals surface area contributed by atoms with E-state index < -0.39 is 0 Å². The minimum atomic E-state index is -0.0566. The molecule has 1 aromatic heterocycles. The third-order valence-corrected chi connectivity index (χ3v) is 3.40. The summed E-state index contributed by atoms with van der Waals surface area (Å²) in [7, 11) is 0. The zero-order valence-corrected chi connectivity index (χ0v) is 12.8. The zero-order chi connectivity index (χ0) is 13.1. The largest absolute Gasteiger partial charge is 0.328 e. The van der Waals surface area contributed by atoms with E-state index in [1.165, 1.54) is 11.3 Å². The van der Waals surface area contributed by atoms with Crippen LogP contribution in [0, 0.1) is 0 Å². The molecule has 1 atom stereocenters. The van der Waals surface area contributed by atoms with Gasteiger partial charge in [0.05, 0.1) is 0 Å². The summed E-state index contributed by atoms with van der Waals surface area (Å²) in [5.41, 5.74) is 5.55. The van der Waals surface area contributed by atoms with Gasteiger partial charge in [-0.05, 0) is 13.3 Å². The van der Waals surface area contributed by atoms with Crippen molar-refractivity contribution < 1.29 is 4.79 Å². The summed E-state index contributed by atoms with van der Waals surface area (Å²) >= 11 is 1.42. The van der Waals surface area contributed by atoms with E-state index in [1.807, 2.05) is 6.92 Å². The number of nitrogens with two attached hydrogens (primary N) is 1. The maximum atomic E-state index is 11.5. The fourth-order valence-electron chi connectivity index (χ4n) is 1.12. The minimum absolute atomic E-state index is 0. The summed E-state index contributed by atoms with van der Waals surface area (Å²) in [5, 5.41) is 12.2. The molecule has 0 radical (unpaired) electrons. The van der Waals surface area contributed by atoms with Crippen LogP contribution in [-0.2, 0) is 10.2 Å². The van der Waals surface area contributed by atoms with Gasteiger partial charge in [-0.3, -0.25) is 4.79 Å². The van der Waals surface area contributed by atoms with Gasteiger partial charge in [-0.2, -0.15) is 0 Å². The van der Waals surface area contributed by atoms with Gasteiger partial charge in [-0.1, -0.05) is 32.1 Å². The molecule has 1 heterocycles. The Hall–Kier alpha value is -0.720. The number of halogens is 1. The monoisotopic (exact) mass is 292 g/mol. The van der Waals surface area contributed by atoms with Crippen LogP contribution in [0.5, 0.6) is 0 Å². The van der Waals surface area contributed by atoms with Crippen LogP contribution in [0.3, 0.4) is 0 Å². The average Bonchev–Trinajstić information content (AvgIpc) is 2.62. The summed E-state index contributed by atoms with van der Waals surface area (Å²) in [6.45, 7) is 8.08. The van der Waals surface area contributed by atoms with Crippen LogP contribution in [0.2, 0.25) is 0 Å². The van der Waals surface area contributed by atoms with Crippen molar-refractivity contribution in [1.29, 1.82) is 0 Å². The molecule has 0 fully saturated rings. The summed E-state index contributed by atoms with van der Waals surface area (Å²) in [6, 6.07) is 0.0420. The molecule has 7 heteroatoms. The molecule has 0 saturated heterocycles. The highest BCUT2D eigenvalue weighted by molar-refractivity contribution is 7.15. The van der Waals surface area contributed by atoms with Crippen molar-refractivity contribution in [3.05, 3.63) is 5.01 Å². The first-order valence-corrected chi connectivity index (χ1v) is 6.50. The molecule has 18 heavy (non-hydrogen) atoms. The first-order chi connectivity index (χ1) is 7.79. The molecule has 0 saturated carbocycles. The number of aromatic nitrogens is 2. The SMILES string of the molecule is CC(N)CCC(=O)Nc1nnc(C(C)(C)C)s1.Cl. The van der Waals surface area contributed by atoms with Gasteiger partial charge in [0.1, 0.15) is 5.01 Å². The smallest absolute Gasteiger partial charge is 0.226 e. The quantitative estimate of drug-likeness (QED) is 0.892. The van der Waals surface area contributed by atoms with Gasteiger partial charge in [0.15, 0.2) is 0 Å². The molecule has 0 aromatic carbocycles. The Morgan fingerprint density at radius 2 is 2.06 bits per heavy atom. The fourth-order valence-corrected chi connectivity index (χ4v) is 1.93. The topological polar surface area (TPSA) is 80.9 Å². The lowest BCUT2D eigenvalue weighted by Crippen LogP contribution is -2.19. The fraction of sp³-hybridized carbons (Fsp3) is 0.727. The zero-order valence-electron chi connectivity index (χ0n) is 11.2. The van der Waals surface area contributed by atoms with E-state index in [1.54, 1.807) is 0 Å². The van der Waals surface area contributed by atoms with Crippen LogP contribution < -0.4 is 11.1 Å². The highest BCUT2D eigenvalue weighted by atomic mass is 35.5. The van der Waals surface area contributed by atoms with Crippen molar-refractivity contribution in [1.82, 2.24) is 10.2 Å². The molecule has 0 aliphatic rings. The second-order valence-corrected chi connectivity index (χ2v) is 6.20. The van der Waals surface area contributed by atoms with Gasteiger partial charge < -0.3 is 11.1 Å². The second kappa shape index (κ2) is 7.01. The number of nitrogens with zero attached hydrogens (tertiary/aromatic N) is 2. The molecular weight excluding hydrogens is 272 g/mol. The number of amides is 1. The summed E-state index contributed by atoms with van der Waals surface area (Å²) in [5.74, 6) is -0.0566. The molecule has 1 amide bonds. The van der Waals surface area contributed by atoms with Crippen molar-refractivity contribution in [3.63, 3.8) is 0 Å². The highest BCUT2D eigenvalue weighted by Gasteiger charge is 2.19. The van der Waals surface area contributed by atoms with Crippen LogP contribution in [0.25, 0.3) is 0 Å². The van der Waals surface area contributed by atoms with Gasteiger partial charge in [0.25, 0.3) is 0 Å². The molecule has 5 nitrogen and oxygen atoms in total. The molecule has 1 unspecified atom stereocenters. The lowest BCUT2D eigenvalue weighted by molar-refractivity contribution is -0.116. The third-order valence-electron chi connectivity index (χ3n) is 2.14. The van der Waals surface area contributed by atoms with Crippen LogP contribution in [0.15, 0.2) is 0 Å². The van der Waals surface area contributed by atoms with Crippen molar-refractivity contribution in [2.75, 3.05) is 5.32 Å². The van der Waals surface area contributed by atoms with Crippen LogP contribution >= 0.6 is 23.7 Å². The molecule has 104 valence electrons. The number of carbonyl (C=O) groups excluding carboxylic acids is 1. The van der Waals surface area contributed by atoms with E-state index in [0.717, 1.165) is 5.01 Å². The van der Waals surface area contributed by atoms with E-state index in [9.17, 15) is 4.79 Å². The van der Waals surface area contributed by atoms with Crippen LogP contribution in [-0.4, -0.2) is 22.1 Å². The van der Waals surface area contributed by atoms with Gasteiger partial charge >= 0.3 is 0 Å². The second-order valence-electron chi connectivity index (χ2n) is 5.23. The van der Waals surface area contributed by atoms with E-state index >= 15 is 0 Å². The molecule has 1 aromatic rings. The van der Waals surface area contributed by atoms with Gasteiger partial charge in [-0.15, -0.1) is 22.6 Å². The standard InChI is InChI=1S/C11H20N4OS.ClH/c1-7(12)5-6-8(16)13-10-15-14-9(17-10)11(2,3)4;/h7H,5-6,12H2,1-4H3,(H,13,15,16);1H. The predicted octanol–water partition coefficient (Wildman–Crippen LogP) is 2.32. The Labute approximate surface area is 118 Å². The molecule has 0 spiro atoms. The number of hydrogen-bond acceptors (Lipinski definition) is 5. The number of carbonyl (C=O) groups is 1. The van der Waals surface area contributed by atoms with Gasteiger partial charge in [0, 0.05) is 17.9 Å². The molecule has 1 rings (SSSR count). The Balaban J connectivity index is 0.00000289. The molecule has 3 N–H and O–H groups in total. The number of rotatable bonds is 4. The van der Waals surface area contributed by atoms with Gasteiger partial charge in [0.2, 0.25) is 11.0 Å². The normalized spacial score (nSPS) is 12.7. The van der Waals surface area contributed by atoms with E-state index in [4.69, 9.17) is 5.73 Å². The first-order valence-electron chi connectivity index (χ1n) is 5.68. The minimum Gasteiger partial charge on any atom is -0.328 e. The lowest BCUT2D eigenvalue weighted by Gasteiger charge is -2.12. The van der Waals surface area contributed by atoms with Gasteiger partial charge in [-0.25, -0.2) is 0 Å². The first kappa shape index (κ1) is 17.3. The predicted molar refractivity (Wildman–Crippen MR) is 77.4 cm³/mol. The summed E-state index contributed by atoms with van der Waals surface area (Å²) in [6.07, 6.45) is 1.10. The van der Waals surface area contributed by atoms with Crippen molar-refractivity contribution in [2.45, 2.75) is 52.0 Å². The van der Waals surface area contributed by atoms with Crippen molar-refractivity contribution in [3.8, 4) is 0 Å². The number of anilines is 1. The Kier molecular flexibility index (Phi) is 6.73. The van der Waals surface area contributed by atoms with Crippen molar-refractivity contribution in [2.24, 2.45) is 5.73 Å². The van der Waals surface area contributed by atoms with E-state index in [-0.39, 0.29) is 29.8 Å². The lowest BCUT2D eigenvalue weighted by atomic mass is 9.98. The molecule has 0 bridgehead atoms. The highest BCUT2D eigenvalue weighted by Crippen LogP contribution is 2.27. The Bertz CT molecular complexity index is 387. The van der Waals surface area contributed by atoms with Crippen LogP contribution in [0.1, 0.15) is 45.5 Å². The average molecular weight is 293 g/mol. The summed E-state index contributed by atoms with van der Waals surface area (Å²) < 4.78 is 0. The summed E-state index contributed by atoms with van der Waals surface area (Å²) in [4.78, 5) is 11.5. The van der Waals surface area contributed by atoms with Crippen LogP contribution in [0.4, 0.5) is 5.13 Å². The number of hydrogen-bond donors (Lipinski definition) is 2. The van der Waals surface area contributed by atoms with E-state index in [2.05, 4.69) is 36.3 Å². The third kappa shape index (κ3) is 5.75. The Morgan fingerprint density at radius 3 is 2.50 bits per heavy atom. The Morgan fingerprint density at radius 1 is 1.44 bits per heavy atom. The molecule has 0 aliphatic heterocycles. The number of nitrogens with one attached hydrogen (secondary N) is 1. The molecule has 0 aliphatic carbocycles. The maximum absolute atomic E-state index is 11.5. The van der Waals surface area contributed by atoms with E-state index in [0.29, 0.717) is 18.0 Å². The maximum Gasteiger partial charge on any atom is 0.226 e. The molecular formula is C11H21ClN4OS. The van der Waals surface area contributed by atoms with Crippen molar-refractivity contribution >= 4 is 34.8 Å².